The van der Waals surface area contributed by atoms with Crippen LogP contribution < -0.4 is 16.4 Å². The number of carbonyl (C=O) groups is 3. The van der Waals surface area contributed by atoms with Crippen LogP contribution in [0.2, 0.25) is 0 Å². The van der Waals surface area contributed by atoms with Crippen LogP contribution in [0.4, 0.5) is 4.79 Å². The molecule has 29 heavy (non-hydrogen) atoms. The van der Waals surface area contributed by atoms with Gasteiger partial charge in [-0.15, -0.1) is 0 Å². The van der Waals surface area contributed by atoms with E-state index in [2.05, 4.69) is 34.9 Å². The van der Waals surface area contributed by atoms with E-state index in [0.717, 1.165) is 16.7 Å². The zero-order valence-corrected chi connectivity index (χ0v) is 17.0. The van der Waals surface area contributed by atoms with E-state index in [1.807, 2.05) is 37.3 Å². The highest BCUT2D eigenvalue weighted by molar-refractivity contribution is 5.88. The second-order valence-electron chi connectivity index (χ2n) is 7.27. The molecular weight excluding hydrogens is 366 g/mol. The van der Waals surface area contributed by atoms with Crippen molar-refractivity contribution in [2.45, 2.75) is 39.2 Å². The number of nitrogens with two attached hydrogens (primary N) is 1. The third kappa shape index (κ3) is 7.41. The Bertz CT molecular complexity index is 819. The third-order valence-electron chi connectivity index (χ3n) is 4.83. The lowest BCUT2D eigenvalue weighted by Crippen LogP contribution is -2.43. The minimum Gasteiger partial charge on any atom is -0.352 e. The number of nitrogens with one attached hydrogen (secondary N) is 2. The van der Waals surface area contributed by atoms with Crippen LogP contribution in [0.3, 0.4) is 0 Å². The fraction of sp³-hybridized carbons (Fsp3) is 0.348. The van der Waals surface area contributed by atoms with Crippen LogP contribution >= 0.6 is 0 Å². The average Bonchev–Trinajstić information content (AvgIpc) is 2.71. The van der Waals surface area contributed by atoms with Gasteiger partial charge < -0.3 is 16.4 Å². The maximum absolute atomic E-state index is 12.5. The lowest BCUT2D eigenvalue weighted by Gasteiger charge is -2.19. The molecule has 0 saturated heterocycles. The Labute approximate surface area is 171 Å². The van der Waals surface area contributed by atoms with Gasteiger partial charge in [0.05, 0.1) is 6.04 Å². The topological polar surface area (TPSA) is 101 Å². The van der Waals surface area contributed by atoms with Gasteiger partial charge in [0.25, 0.3) is 0 Å². The summed E-state index contributed by atoms with van der Waals surface area (Å²) < 4.78 is 0. The normalized spacial score (nSPS) is 12.6. The van der Waals surface area contributed by atoms with Gasteiger partial charge in [-0.25, -0.2) is 4.79 Å². The van der Waals surface area contributed by atoms with E-state index in [9.17, 15) is 14.4 Å². The number of ketones is 1. The number of hydrogen-bond acceptors (Lipinski definition) is 3. The van der Waals surface area contributed by atoms with Crippen molar-refractivity contribution < 1.29 is 14.4 Å². The van der Waals surface area contributed by atoms with Gasteiger partial charge in [0, 0.05) is 12.5 Å². The molecule has 6 nitrogen and oxygen atoms in total. The lowest BCUT2D eigenvalue weighted by atomic mass is 9.97. The SMILES string of the molecule is CC(=O)[C@H](CCCNC(N)=O)NC(=O)[C@@H](C)Cc1ccc(-c2ccccc2)cc1. The number of hydrogen-bond donors (Lipinski definition) is 3. The van der Waals surface area contributed by atoms with Gasteiger partial charge in [-0.1, -0.05) is 61.5 Å². The van der Waals surface area contributed by atoms with Crippen molar-refractivity contribution in [3.63, 3.8) is 0 Å². The van der Waals surface area contributed by atoms with Crippen molar-refractivity contribution in [3.05, 3.63) is 60.2 Å². The van der Waals surface area contributed by atoms with E-state index in [1.165, 1.54) is 6.92 Å². The molecule has 0 saturated carbocycles. The molecule has 2 aromatic rings. The van der Waals surface area contributed by atoms with Gasteiger partial charge in [0.15, 0.2) is 5.78 Å². The summed E-state index contributed by atoms with van der Waals surface area (Å²) in [6, 6.07) is 17.1. The summed E-state index contributed by atoms with van der Waals surface area (Å²) in [6.45, 7) is 3.68. The minimum absolute atomic E-state index is 0.100. The van der Waals surface area contributed by atoms with Gasteiger partial charge >= 0.3 is 6.03 Å². The van der Waals surface area contributed by atoms with E-state index in [1.54, 1.807) is 0 Å². The highest BCUT2D eigenvalue weighted by atomic mass is 16.2. The Morgan fingerprint density at radius 1 is 0.966 bits per heavy atom. The minimum atomic E-state index is -0.597. The molecule has 0 aliphatic carbocycles. The molecule has 0 bridgehead atoms. The van der Waals surface area contributed by atoms with Crippen LogP contribution in [0.25, 0.3) is 11.1 Å². The summed E-state index contributed by atoms with van der Waals surface area (Å²) in [4.78, 5) is 35.1. The Balaban J connectivity index is 1.88. The molecule has 2 aromatic carbocycles. The first-order chi connectivity index (χ1) is 13.9. The van der Waals surface area contributed by atoms with E-state index >= 15 is 0 Å². The molecule has 4 N–H and O–H groups in total. The predicted molar refractivity (Wildman–Crippen MR) is 114 cm³/mol. The van der Waals surface area contributed by atoms with Crippen LogP contribution in [0.15, 0.2) is 54.6 Å². The van der Waals surface area contributed by atoms with Crippen molar-refractivity contribution in [2.24, 2.45) is 11.7 Å². The zero-order chi connectivity index (χ0) is 21.2. The first kappa shape index (κ1) is 22.1. The van der Waals surface area contributed by atoms with Crippen molar-refractivity contribution in [1.82, 2.24) is 10.6 Å². The highest BCUT2D eigenvalue weighted by Gasteiger charge is 2.21. The van der Waals surface area contributed by atoms with Crippen molar-refractivity contribution in [1.29, 1.82) is 0 Å². The van der Waals surface area contributed by atoms with Gasteiger partial charge in [-0.2, -0.15) is 0 Å². The average molecular weight is 396 g/mol. The summed E-state index contributed by atoms with van der Waals surface area (Å²) in [5.41, 5.74) is 8.37. The molecule has 0 aliphatic rings. The van der Waals surface area contributed by atoms with Gasteiger partial charge in [-0.3, -0.25) is 9.59 Å². The second-order valence-corrected chi connectivity index (χ2v) is 7.27. The summed E-state index contributed by atoms with van der Waals surface area (Å²) in [5, 5.41) is 5.31. The van der Waals surface area contributed by atoms with E-state index in [-0.39, 0.29) is 17.6 Å². The molecule has 154 valence electrons. The van der Waals surface area contributed by atoms with Crippen LogP contribution in [-0.2, 0) is 16.0 Å². The fourth-order valence-electron chi connectivity index (χ4n) is 3.12. The van der Waals surface area contributed by atoms with Crippen molar-refractivity contribution in [3.8, 4) is 11.1 Å². The smallest absolute Gasteiger partial charge is 0.312 e. The van der Waals surface area contributed by atoms with Crippen LogP contribution in [-0.4, -0.2) is 30.3 Å². The lowest BCUT2D eigenvalue weighted by molar-refractivity contribution is -0.129. The molecule has 0 radical (unpaired) electrons. The third-order valence-corrected chi connectivity index (χ3v) is 4.83. The summed E-state index contributed by atoms with van der Waals surface area (Å²) >= 11 is 0. The van der Waals surface area contributed by atoms with Crippen LogP contribution in [0, 0.1) is 5.92 Å². The Morgan fingerprint density at radius 3 is 2.17 bits per heavy atom. The van der Waals surface area contributed by atoms with Gasteiger partial charge in [-0.05, 0) is 42.9 Å². The first-order valence-electron chi connectivity index (χ1n) is 9.85. The summed E-state index contributed by atoms with van der Waals surface area (Å²) in [7, 11) is 0. The largest absolute Gasteiger partial charge is 0.352 e. The number of benzene rings is 2. The number of Topliss-reactive ketones (excluding diaryl/α,β-unsaturated/α-hetero) is 1. The Hall–Kier alpha value is -3.15. The van der Waals surface area contributed by atoms with E-state index < -0.39 is 12.1 Å². The van der Waals surface area contributed by atoms with Crippen molar-refractivity contribution >= 4 is 17.7 Å². The highest BCUT2D eigenvalue weighted by Crippen LogP contribution is 2.20. The first-order valence-corrected chi connectivity index (χ1v) is 9.85. The number of carbonyl (C=O) groups excluding carboxylic acids is 3. The van der Waals surface area contributed by atoms with E-state index in [4.69, 9.17) is 5.73 Å². The van der Waals surface area contributed by atoms with Gasteiger partial charge in [0.2, 0.25) is 5.91 Å². The molecule has 0 spiro atoms. The summed E-state index contributed by atoms with van der Waals surface area (Å²) in [5.74, 6) is -0.514. The van der Waals surface area contributed by atoms with Crippen LogP contribution in [0.1, 0.15) is 32.3 Å². The Kier molecular flexibility index (Phi) is 8.40. The number of urea groups is 1. The number of primary amides is 1. The molecule has 2 rings (SSSR count). The fourth-order valence-corrected chi connectivity index (χ4v) is 3.12. The second kappa shape index (κ2) is 11.0. The summed E-state index contributed by atoms with van der Waals surface area (Å²) in [6.07, 6.45) is 1.61. The standard InChI is InChI=1S/C23H29N3O3/c1-16(22(28)26-21(17(2)27)9-6-14-25-23(24)29)15-18-10-12-20(13-11-18)19-7-4-3-5-8-19/h3-5,7-8,10-13,16,21H,6,9,14-15H2,1-2H3,(H,26,28)(H3,24,25,29)/t16-,21-/m0/s1. The van der Waals surface area contributed by atoms with Crippen LogP contribution in [0.5, 0.6) is 0 Å². The zero-order valence-electron chi connectivity index (χ0n) is 17.0. The maximum Gasteiger partial charge on any atom is 0.312 e. The molecule has 0 heterocycles. The molecule has 0 aliphatic heterocycles. The molecule has 6 heteroatoms. The predicted octanol–water partition coefficient (Wildman–Crippen LogP) is 3.05. The quantitative estimate of drug-likeness (QED) is 0.539. The van der Waals surface area contributed by atoms with Gasteiger partial charge in [0.1, 0.15) is 0 Å². The molecular formula is C23H29N3O3. The molecule has 0 unspecified atom stereocenters. The van der Waals surface area contributed by atoms with E-state index in [0.29, 0.717) is 25.8 Å². The molecule has 0 aromatic heterocycles. The Morgan fingerprint density at radius 2 is 1.59 bits per heavy atom. The van der Waals surface area contributed by atoms with Crippen molar-refractivity contribution in [2.75, 3.05) is 6.54 Å². The maximum atomic E-state index is 12.5. The number of amides is 3. The molecule has 3 amide bonds. The monoisotopic (exact) mass is 395 g/mol. The molecule has 2 atom stereocenters. The number of rotatable bonds is 10. The molecule has 0 fully saturated rings.